The van der Waals surface area contributed by atoms with E-state index in [2.05, 4.69) is 279 Å². The molecule has 0 unspecified atom stereocenters. The van der Waals surface area contributed by atoms with Gasteiger partial charge in [0.25, 0.3) is 0 Å². The number of H-pyrrole nitrogens is 4. The summed E-state index contributed by atoms with van der Waals surface area (Å²) in [5, 5.41) is 0. The maximum absolute atomic E-state index is 5.99. The van der Waals surface area contributed by atoms with Crippen molar-refractivity contribution in [3.05, 3.63) is 219 Å². The van der Waals surface area contributed by atoms with Crippen LogP contribution in [0.5, 0.6) is 0 Å². The molecule has 7 aliphatic rings. The van der Waals surface area contributed by atoms with Crippen molar-refractivity contribution >= 4 is 105 Å². The molecule has 16 bridgehead atoms. The molecule has 4 aromatic carbocycles. The zero-order chi connectivity index (χ0) is 84.6. The highest BCUT2D eigenvalue weighted by atomic mass is 79.9. The molecule has 4 N–H and O–H groups in total. The number of halogens is 1. The maximum atomic E-state index is 5.99. The molecule has 10 aromatic rings. The number of hydrogen-bond donors (Lipinski definition) is 4. The van der Waals surface area contributed by atoms with Crippen LogP contribution in [0.3, 0.4) is 0 Å². The van der Waals surface area contributed by atoms with E-state index in [1.165, 1.54) is 149 Å². The fraction of sp³-hybridized carbons (Fsp3) is 0.423. The lowest BCUT2D eigenvalue weighted by molar-refractivity contribution is 0.401. The van der Waals surface area contributed by atoms with E-state index in [0.717, 1.165) is 231 Å². The van der Waals surface area contributed by atoms with Crippen molar-refractivity contribution in [2.45, 2.75) is 310 Å². The van der Waals surface area contributed by atoms with E-state index in [-0.39, 0.29) is 16.2 Å². The van der Waals surface area contributed by atoms with Crippen molar-refractivity contribution in [1.82, 2.24) is 39.9 Å². The van der Waals surface area contributed by atoms with Gasteiger partial charge in [-0.15, -0.1) is 0 Å². The van der Waals surface area contributed by atoms with Crippen LogP contribution in [-0.4, -0.2) is 39.9 Å². The van der Waals surface area contributed by atoms with Gasteiger partial charge in [0.2, 0.25) is 0 Å². The molecule has 6 aromatic heterocycles. The van der Waals surface area contributed by atoms with Gasteiger partial charge in [0.1, 0.15) is 0 Å². The van der Waals surface area contributed by atoms with Gasteiger partial charge in [0.05, 0.1) is 56.6 Å². The topological polar surface area (TPSA) is 115 Å². The zero-order valence-corrected chi connectivity index (χ0v) is 78.0. The third-order valence-corrected chi connectivity index (χ3v) is 31.1. The van der Waals surface area contributed by atoms with Crippen molar-refractivity contribution in [2.75, 3.05) is 0 Å². The molecule has 8 nitrogen and oxygen atoms in total. The van der Waals surface area contributed by atoms with Crippen LogP contribution in [0.2, 0.25) is 0 Å². The van der Waals surface area contributed by atoms with Gasteiger partial charge in [-0.05, 0) is 375 Å². The summed E-state index contributed by atoms with van der Waals surface area (Å²) in [6.45, 7) is 51.6. The fourth-order valence-corrected chi connectivity index (χ4v) is 23.7. The van der Waals surface area contributed by atoms with Crippen LogP contribution in [0, 0.1) is 41.5 Å². The number of nitrogens with zero attached hydrogens (tertiary/aromatic N) is 4. The molecular weight excluding hydrogens is 1530 g/mol. The SMILES string of the molecule is CCCCC1(CCCC)c2cc(Br)ccc2-c2c1c1c(c3c2C(CCCC)(CCCC)c2cc(-c4c5nc(cc6[nH]c(cc7nc(cc8[nH]c4c(C)c8C)C(C)=C7CC)c(CC)c6C)C(C)=C5C)ccc2-3)C(CCCC)(CCCC)c2cc(-c3c4nc(cc5[nH]c(cc6nc(cc7[nH]c3c(C)c7C)C(C)=C6CC)c(CC)c5C)C(C)=C4C)ccc2-1. The van der Waals surface area contributed by atoms with Crippen LogP contribution >= 0.6 is 15.9 Å². The Morgan fingerprint density at radius 2 is 0.592 bits per heavy atom. The molecule has 9 heteroatoms. The van der Waals surface area contributed by atoms with Crippen molar-refractivity contribution in [3.8, 4) is 55.6 Å². The Labute approximate surface area is 723 Å². The number of fused-ring (bicyclic) bond motifs is 28. The Kier molecular flexibility index (Phi) is 22.2. The quantitative estimate of drug-likeness (QED) is 0.0482. The maximum Gasteiger partial charge on any atom is 0.0768 e. The molecular formula is C111H129BrN8. The van der Waals surface area contributed by atoms with E-state index in [1.807, 2.05) is 0 Å². The van der Waals surface area contributed by atoms with Crippen molar-refractivity contribution in [3.63, 3.8) is 0 Å². The standard InChI is InChI=1S/C111H129BrN8/c1-23-33-45-109(46-34-24-2)83-52-73(98-107-66(17)62(13)87(119-107)56-91-70(21)77(31-9)95(115-91)59-96-78(32-10)71(22)92(116-96)57-88-63(14)67(18)108(98)120-88)40-43-80(83)100-102(109)99-79-42-39-72(51-82(79)110(47-35-25-3,48-36-26-4)103(99)101-81-44-41-74(112)53-84(81)111(104(100)101,49-37-27-5)50-38-28-6)97-105-64(15)60(11)85(117-105)54-89-68(19)75(29-7)93(113-89)58-94-76(30-8)69(20)90(114-94)55-86-61(12)65(16)106(97)118-86/h39-44,51-59,113,115,118,120H,23-38,45-50H2,1-22H3. The highest BCUT2D eigenvalue weighted by molar-refractivity contribution is 9.10. The van der Waals surface area contributed by atoms with Crippen LogP contribution < -0.4 is 0 Å². The van der Waals surface area contributed by atoms with Gasteiger partial charge >= 0.3 is 0 Å². The average Bonchev–Trinajstić information content (AvgIpc) is 1.48. The smallest absolute Gasteiger partial charge is 0.0768 e. The van der Waals surface area contributed by atoms with Gasteiger partial charge in [-0.25, -0.2) is 19.9 Å². The molecule has 0 amide bonds. The predicted octanol–water partition coefficient (Wildman–Crippen LogP) is 32.5. The fourth-order valence-electron chi connectivity index (χ4n) is 23.3. The number of rotatable bonds is 24. The summed E-state index contributed by atoms with van der Waals surface area (Å²) in [6, 6.07) is 37.7. The minimum atomic E-state index is -0.371. The highest BCUT2D eigenvalue weighted by Gasteiger charge is 2.58. The van der Waals surface area contributed by atoms with E-state index in [9.17, 15) is 0 Å². The van der Waals surface area contributed by atoms with Gasteiger partial charge in [0, 0.05) is 64.9 Å². The average molecular weight is 1660 g/mol. The summed E-state index contributed by atoms with van der Waals surface area (Å²) in [5.74, 6) is 0. The summed E-state index contributed by atoms with van der Waals surface area (Å²) in [4.78, 5) is 39.5. The third-order valence-electron chi connectivity index (χ3n) is 30.7. The van der Waals surface area contributed by atoms with Gasteiger partial charge in [-0.2, -0.15) is 0 Å². The summed E-state index contributed by atoms with van der Waals surface area (Å²) in [7, 11) is 0. The monoisotopic (exact) mass is 1650 g/mol. The molecule has 0 saturated heterocycles. The predicted molar refractivity (Wildman–Crippen MR) is 519 cm³/mol. The third kappa shape index (κ3) is 12.6. The number of allylic oxidation sites excluding steroid dienone is 8. The van der Waals surface area contributed by atoms with E-state index in [4.69, 9.17) is 19.9 Å². The van der Waals surface area contributed by atoms with Gasteiger partial charge in [0.15, 0.2) is 0 Å². The second-order valence-electron chi connectivity index (χ2n) is 37.0. The number of hydrogen-bond acceptors (Lipinski definition) is 4. The number of unbranched alkanes of at least 4 members (excludes halogenated alkanes) is 6. The Hall–Kier alpha value is -9.44. The molecule has 0 atom stereocenters. The number of nitrogens with one attached hydrogen (secondary N) is 4. The number of benzene rings is 4. The van der Waals surface area contributed by atoms with E-state index in [0.29, 0.717) is 0 Å². The van der Waals surface area contributed by atoms with Crippen molar-refractivity contribution in [1.29, 1.82) is 0 Å². The molecule has 3 aliphatic carbocycles. The number of aromatic amines is 4. The first-order valence-electron chi connectivity index (χ1n) is 46.5. The summed E-state index contributed by atoms with van der Waals surface area (Å²) in [6.07, 6.45) is 23.4. The summed E-state index contributed by atoms with van der Waals surface area (Å²) in [5.41, 5.74) is 59.5. The van der Waals surface area contributed by atoms with E-state index >= 15 is 0 Å². The van der Waals surface area contributed by atoms with E-state index < -0.39 is 0 Å². The molecule has 620 valence electrons. The second-order valence-corrected chi connectivity index (χ2v) is 37.9. The van der Waals surface area contributed by atoms with Gasteiger partial charge < -0.3 is 19.9 Å². The first kappa shape index (κ1) is 82.9. The van der Waals surface area contributed by atoms with Crippen molar-refractivity contribution in [2.24, 2.45) is 0 Å². The van der Waals surface area contributed by atoms with Gasteiger partial charge in [-0.1, -0.05) is 193 Å². The second kappa shape index (κ2) is 32.1. The van der Waals surface area contributed by atoms with Crippen LogP contribution in [0.15, 0.2) is 95.5 Å². The molecule has 17 rings (SSSR count). The molecule has 120 heavy (non-hydrogen) atoms. The molecule has 0 spiro atoms. The lowest BCUT2D eigenvalue weighted by Crippen LogP contribution is -2.31. The molecule has 0 radical (unpaired) electrons. The Morgan fingerprint density at radius 3 is 0.917 bits per heavy atom. The van der Waals surface area contributed by atoms with Crippen LogP contribution in [0.1, 0.15) is 363 Å². The first-order chi connectivity index (χ1) is 57.9. The lowest BCUT2D eigenvalue weighted by Gasteiger charge is -2.39. The van der Waals surface area contributed by atoms with Crippen molar-refractivity contribution < 1.29 is 0 Å². The van der Waals surface area contributed by atoms with Crippen LogP contribution in [0.25, 0.3) is 144 Å². The summed E-state index contributed by atoms with van der Waals surface area (Å²) < 4.78 is 1.17. The minimum Gasteiger partial charge on any atom is -0.355 e. The molecule has 0 saturated carbocycles. The highest BCUT2D eigenvalue weighted by Crippen LogP contribution is 2.72. The normalized spacial score (nSPS) is 15.3. The summed E-state index contributed by atoms with van der Waals surface area (Å²) >= 11 is 4.26. The molecule has 4 aliphatic heterocycles. The van der Waals surface area contributed by atoms with Gasteiger partial charge in [-0.3, -0.25) is 0 Å². The Balaban J connectivity index is 1.03. The van der Waals surface area contributed by atoms with Crippen LogP contribution in [0.4, 0.5) is 0 Å². The zero-order valence-electron chi connectivity index (χ0n) is 76.4. The minimum absolute atomic E-state index is 0.258. The van der Waals surface area contributed by atoms with E-state index in [1.54, 1.807) is 33.4 Å². The first-order valence-corrected chi connectivity index (χ1v) is 47.3. The van der Waals surface area contributed by atoms with Crippen LogP contribution in [-0.2, 0) is 29.1 Å². The molecule has 0 fully saturated rings. The number of aromatic nitrogens is 8. The number of aryl methyl sites for hydroxylation is 8. The lowest BCUT2D eigenvalue weighted by atomic mass is 9.63. The molecule has 10 heterocycles. The Bertz CT molecular complexity index is 6190. The Morgan fingerprint density at radius 1 is 0.283 bits per heavy atom. The largest absolute Gasteiger partial charge is 0.355 e.